The van der Waals surface area contributed by atoms with Gasteiger partial charge in [0, 0.05) is 12.1 Å². The fourth-order valence-corrected chi connectivity index (χ4v) is 1.41. The van der Waals surface area contributed by atoms with Gasteiger partial charge in [0.1, 0.15) is 6.33 Å². The minimum absolute atomic E-state index is 0.0819. The molecule has 0 aliphatic heterocycles. The lowest BCUT2D eigenvalue weighted by molar-refractivity contribution is 0.579. The molecule has 0 bridgehead atoms. The Hall–Kier alpha value is -1.23. The average Bonchev–Trinajstić information content (AvgIpc) is 2.11. The third kappa shape index (κ3) is 3.43. The number of aryl methyl sites for hydroxylation is 1. The Balaban J connectivity index is 2.68. The molecule has 0 saturated heterocycles. The standard InChI is InChI=1S/C10H17FN4/c1-6(12)4-7(2)15-10-9(11)8(3)13-5-14-10/h5-7H,4,12H2,1-3H3,(H,13,14,15). The van der Waals surface area contributed by atoms with E-state index in [-0.39, 0.29) is 17.9 Å². The van der Waals surface area contributed by atoms with E-state index in [4.69, 9.17) is 5.73 Å². The highest BCUT2D eigenvalue weighted by Gasteiger charge is 2.11. The molecule has 0 aliphatic carbocycles. The molecule has 0 spiro atoms. The summed E-state index contributed by atoms with van der Waals surface area (Å²) in [6.07, 6.45) is 2.11. The van der Waals surface area contributed by atoms with E-state index >= 15 is 0 Å². The zero-order valence-corrected chi connectivity index (χ0v) is 9.29. The van der Waals surface area contributed by atoms with Crippen LogP contribution in [0, 0.1) is 12.7 Å². The number of hydrogen-bond donors (Lipinski definition) is 2. The Kier molecular flexibility index (Phi) is 3.96. The molecule has 0 aliphatic rings. The van der Waals surface area contributed by atoms with Crippen LogP contribution in [-0.4, -0.2) is 22.1 Å². The predicted octanol–water partition coefficient (Wildman–Crippen LogP) is 1.46. The van der Waals surface area contributed by atoms with Crippen LogP contribution in [0.4, 0.5) is 10.2 Å². The summed E-state index contributed by atoms with van der Waals surface area (Å²) in [7, 11) is 0. The Morgan fingerprint density at radius 1 is 1.47 bits per heavy atom. The van der Waals surface area contributed by atoms with Gasteiger partial charge in [0.25, 0.3) is 0 Å². The first kappa shape index (κ1) is 11.8. The van der Waals surface area contributed by atoms with Crippen LogP contribution in [0.15, 0.2) is 6.33 Å². The Morgan fingerprint density at radius 2 is 2.13 bits per heavy atom. The monoisotopic (exact) mass is 212 g/mol. The summed E-state index contributed by atoms with van der Waals surface area (Å²) < 4.78 is 13.5. The largest absolute Gasteiger partial charge is 0.365 e. The van der Waals surface area contributed by atoms with Crippen molar-refractivity contribution < 1.29 is 4.39 Å². The van der Waals surface area contributed by atoms with E-state index in [0.717, 1.165) is 6.42 Å². The average molecular weight is 212 g/mol. The van der Waals surface area contributed by atoms with Crippen molar-refractivity contribution in [2.45, 2.75) is 39.3 Å². The van der Waals surface area contributed by atoms with E-state index in [1.54, 1.807) is 6.92 Å². The number of nitrogens with two attached hydrogens (primary N) is 1. The maximum Gasteiger partial charge on any atom is 0.186 e. The quantitative estimate of drug-likeness (QED) is 0.793. The van der Waals surface area contributed by atoms with E-state index in [0.29, 0.717) is 5.69 Å². The predicted molar refractivity (Wildman–Crippen MR) is 58.1 cm³/mol. The fourth-order valence-electron chi connectivity index (χ4n) is 1.41. The molecule has 1 heterocycles. The van der Waals surface area contributed by atoms with Crippen molar-refractivity contribution in [3.8, 4) is 0 Å². The number of hydrogen-bond acceptors (Lipinski definition) is 4. The SMILES string of the molecule is Cc1ncnc(NC(C)CC(C)N)c1F. The van der Waals surface area contributed by atoms with E-state index < -0.39 is 5.82 Å². The zero-order valence-electron chi connectivity index (χ0n) is 9.29. The number of nitrogens with one attached hydrogen (secondary N) is 1. The summed E-state index contributed by atoms with van der Waals surface area (Å²) in [4.78, 5) is 7.61. The molecular weight excluding hydrogens is 195 g/mol. The van der Waals surface area contributed by atoms with Crippen LogP contribution in [0.3, 0.4) is 0 Å². The summed E-state index contributed by atoms with van der Waals surface area (Å²) in [6.45, 7) is 5.47. The van der Waals surface area contributed by atoms with Gasteiger partial charge in [0.2, 0.25) is 0 Å². The Bertz CT molecular complexity index is 327. The second-order valence-corrected chi connectivity index (χ2v) is 3.88. The minimum Gasteiger partial charge on any atom is -0.365 e. The third-order valence-electron chi connectivity index (χ3n) is 2.07. The van der Waals surface area contributed by atoms with Crippen molar-refractivity contribution in [1.29, 1.82) is 0 Å². The number of nitrogens with zero attached hydrogens (tertiary/aromatic N) is 2. The van der Waals surface area contributed by atoms with Gasteiger partial charge in [-0.1, -0.05) is 0 Å². The normalized spacial score (nSPS) is 14.7. The molecule has 1 aromatic rings. The highest BCUT2D eigenvalue weighted by molar-refractivity contribution is 5.37. The van der Waals surface area contributed by atoms with Gasteiger partial charge in [0.05, 0.1) is 5.69 Å². The smallest absolute Gasteiger partial charge is 0.186 e. The number of rotatable bonds is 4. The summed E-state index contributed by atoms with van der Waals surface area (Å²) >= 11 is 0. The molecule has 84 valence electrons. The highest BCUT2D eigenvalue weighted by atomic mass is 19.1. The van der Waals surface area contributed by atoms with E-state index in [1.165, 1.54) is 6.33 Å². The van der Waals surface area contributed by atoms with Crippen molar-refractivity contribution in [2.24, 2.45) is 5.73 Å². The van der Waals surface area contributed by atoms with Crippen LogP contribution in [0.25, 0.3) is 0 Å². The summed E-state index contributed by atoms with van der Waals surface area (Å²) in [6, 6.07) is 0.173. The molecule has 0 radical (unpaired) electrons. The molecule has 3 N–H and O–H groups in total. The van der Waals surface area contributed by atoms with Gasteiger partial charge in [-0.2, -0.15) is 0 Å². The molecule has 0 amide bonds. The maximum absolute atomic E-state index is 13.5. The van der Waals surface area contributed by atoms with Gasteiger partial charge in [-0.3, -0.25) is 0 Å². The van der Waals surface area contributed by atoms with Gasteiger partial charge < -0.3 is 11.1 Å². The molecular formula is C10H17FN4. The van der Waals surface area contributed by atoms with Gasteiger partial charge in [-0.25, -0.2) is 14.4 Å². The third-order valence-corrected chi connectivity index (χ3v) is 2.07. The van der Waals surface area contributed by atoms with Crippen LogP contribution in [0.2, 0.25) is 0 Å². The topological polar surface area (TPSA) is 63.8 Å². The van der Waals surface area contributed by atoms with Crippen molar-refractivity contribution >= 4 is 5.82 Å². The Morgan fingerprint density at radius 3 is 2.73 bits per heavy atom. The second-order valence-electron chi connectivity index (χ2n) is 3.88. The first-order valence-electron chi connectivity index (χ1n) is 5.00. The maximum atomic E-state index is 13.5. The summed E-state index contributed by atoms with van der Waals surface area (Å²) in [5.74, 6) is -0.148. The summed E-state index contributed by atoms with van der Waals surface area (Å²) in [5, 5.41) is 2.98. The number of anilines is 1. The van der Waals surface area contributed by atoms with Gasteiger partial charge in [-0.05, 0) is 27.2 Å². The molecule has 1 aromatic heterocycles. The lowest BCUT2D eigenvalue weighted by atomic mass is 10.1. The summed E-state index contributed by atoms with van der Waals surface area (Å²) in [5.41, 5.74) is 6.00. The van der Waals surface area contributed by atoms with Crippen LogP contribution in [0.5, 0.6) is 0 Å². The Labute approximate surface area is 89.1 Å². The van der Waals surface area contributed by atoms with Gasteiger partial charge in [0.15, 0.2) is 11.6 Å². The lowest BCUT2D eigenvalue weighted by Crippen LogP contribution is -2.27. The molecule has 1 rings (SSSR count). The number of aromatic nitrogens is 2. The molecule has 2 atom stereocenters. The van der Waals surface area contributed by atoms with E-state index in [1.807, 2.05) is 13.8 Å². The van der Waals surface area contributed by atoms with E-state index in [9.17, 15) is 4.39 Å². The molecule has 2 unspecified atom stereocenters. The molecule has 4 nitrogen and oxygen atoms in total. The van der Waals surface area contributed by atoms with Crippen LogP contribution in [0.1, 0.15) is 26.0 Å². The van der Waals surface area contributed by atoms with Crippen LogP contribution in [-0.2, 0) is 0 Å². The number of halogens is 1. The molecule has 15 heavy (non-hydrogen) atoms. The lowest BCUT2D eigenvalue weighted by Gasteiger charge is -2.16. The van der Waals surface area contributed by atoms with Gasteiger partial charge in [-0.15, -0.1) is 0 Å². The van der Waals surface area contributed by atoms with Crippen molar-refractivity contribution in [3.63, 3.8) is 0 Å². The molecule has 0 saturated carbocycles. The van der Waals surface area contributed by atoms with Crippen molar-refractivity contribution in [3.05, 3.63) is 17.8 Å². The highest BCUT2D eigenvalue weighted by Crippen LogP contribution is 2.13. The first-order valence-corrected chi connectivity index (χ1v) is 5.00. The first-order chi connectivity index (χ1) is 7.00. The van der Waals surface area contributed by atoms with Crippen LogP contribution < -0.4 is 11.1 Å². The fraction of sp³-hybridized carbons (Fsp3) is 0.600. The minimum atomic E-state index is -0.394. The molecule has 0 aromatic carbocycles. The van der Waals surface area contributed by atoms with Crippen LogP contribution >= 0.6 is 0 Å². The molecule has 0 fully saturated rings. The van der Waals surface area contributed by atoms with Crippen molar-refractivity contribution in [2.75, 3.05) is 5.32 Å². The van der Waals surface area contributed by atoms with Crippen molar-refractivity contribution in [1.82, 2.24) is 9.97 Å². The second kappa shape index (κ2) is 5.02. The van der Waals surface area contributed by atoms with Gasteiger partial charge >= 0.3 is 0 Å². The van der Waals surface area contributed by atoms with E-state index in [2.05, 4.69) is 15.3 Å². The molecule has 5 heteroatoms. The zero-order chi connectivity index (χ0) is 11.4.